The summed E-state index contributed by atoms with van der Waals surface area (Å²) in [5.74, 6) is 0. The predicted octanol–water partition coefficient (Wildman–Crippen LogP) is 3.71. The zero-order valence-corrected chi connectivity index (χ0v) is 12.3. The van der Waals surface area contributed by atoms with Crippen LogP contribution in [0.25, 0.3) is 22.0 Å². The summed E-state index contributed by atoms with van der Waals surface area (Å²) < 4.78 is 0. The second-order valence-electron chi connectivity index (χ2n) is 5.48. The third kappa shape index (κ3) is 2.48. The Morgan fingerprint density at radius 2 is 1.81 bits per heavy atom. The summed E-state index contributed by atoms with van der Waals surface area (Å²) in [6.07, 6.45) is 2.97. The Hall–Kier alpha value is -2.39. The maximum atomic E-state index is 11.3. The van der Waals surface area contributed by atoms with Crippen molar-refractivity contribution in [2.45, 2.75) is 6.54 Å². The van der Waals surface area contributed by atoms with E-state index in [-0.39, 0.29) is 0 Å². The predicted molar refractivity (Wildman–Crippen MR) is 86.5 cm³/mol. The van der Waals surface area contributed by atoms with Gasteiger partial charge in [-0.1, -0.05) is 42.5 Å². The lowest BCUT2D eigenvalue weighted by Crippen LogP contribution is -2.10. The molecule has 0 unspecified atom stereocenters. The second kappa shape index (κ2) is 5.54. The fraction of sp³-hybridized carbons (Fsp3) is 0.167. The number of benzene rings is 2. The van der Waals surface area contributed by atoms with Gasteiger partial charge in [0, 0.05) is 29.3 Å². The average Bonchev–Trinajstić information content (AvgIpc) is 2.90. The third-order valence-corrected chi connectivity index (χ3v) is 3.67. The number of nitrogens with zero attached hydrogens (tertiary/aromatic N) is 1. The van der Waals surface area contributed by atoms with Crippen LogP contribution in [0.3, 0.4) is 0 Å². The molecule has 0 aliphatic rings. The topological polar surface area (TPSA) is 36.1 Å². The van der Waals surface area contributed by atoms with Gasteiger partial charge in [-0.3, -0.25) is 4.79 Å². The lowest BCUT2D eigenvalue weighted by Gasteiger charge is -2.09. The van der Waals surface area contributed by atoms with Crippen molar-refractivity contribution in [1.29, 1.82) is 0 Å². The molecule has 1 heterocycles. The molecule has 0 bridgehead atoms. The summed E-state index contributed by atoms with van der Waals surface area (Å²) in [6, 6.07) is 13.9. The van der Waals surface area contributed by atoms with Crippen LogP contribution in [0.15, 0.2) is 48.7 Å². The largest absolute Gasteiger partial charge is 0.360 e. The summed E-state index contributed by atoms with van der Waals surface area (Å²) >= 11 is 0. The molecule has 2 aromatic carbocycles. The monoisotopic (exact) mass is 278 g/mol. The number of nitrogens with one attached hydrogen (secondary N) is 1. The Morgan fingerprint density at radius 3 is 2.57 bits per heavy atom. The van der Waals surface area contributed by atoms with Crippen molar-refractivity contribution in [1.82, 2.24) is 9.88 Å². The normalized spacial score (nSPS) is 11.2. The number of carbonyl (C=O) groups is 1. The zero-order valence-electron chi connectivity index (χ0n) is 12.3. The van der Waals surface area contributed by atoms with Gasteiger partial charge >= 0.3 is 0 Å². The molecule has 0 spiro atoms. The number of hydrogen-bond donors (Lipinski definition) is 1. The van der Waals surface area contributed by atoms with E-state index in [1.165, 1.54) is 10.9 Å². The Morgan fingerprint density at radius 1 is 1.05 bits per heavy atom. The molecule has 0 amide bonds. The number of fused-ring (bicyclic) bond motifs is 1. The highest BCUT2D eigenvalue weighted by Gasteiger charge is 2.11. The molecule has 0 fully saturated rings. The van der Waals surface area contributed by atoms with Crippen LogP contribution in [0, 0.1) is 0 Å². The van der Waals surface area contributed by atoms with Crippen molar-refractivity contribution >= 4 is 17.2 Å². The van der Waals surface area contributed by atoms with E-state index in [2.05, 4.69) is 42.3 Å². The van der Waals surface area contributed by atoms with E-state index in [4.69, 9.17) is 0 Å². The minimum atomic E-state index is 0.716. The van der Waals surface area contributed by atoms with Crippen molar-refractivity contribution in [3.05, 3.63) is 59.8 Å². The van der Waals surface area contributed by atoms with Gasteiger partial charge in [-0.25, -0.2) is 0 Å². The highest BCUT2D eigenvalue weighted by molar-refractivity contribution is 6.00. The molecule has 0 radical (unpaired) electrons. The molecule has 21 heavy (non-hydrogen) atoms. The molecule has 106 valence electrons. The SMILES string of the molecule is CN(C)Cc1c[nH]c2c(-c3ccccc3C=O)cccc12. The number of para-hydroxylation sites is 1. The number of aromatic nitrogens is 1. The smallest absolute Gasteiger partial charge is 0.150 e. The van der Waals surface area contributed by atoms with Crippen LogP contribution in [-0.2, 0) is 6.54 Å². The van der Waals surface area contributed by atoms with Crippen LogP contribution in [0.4, 0.5) is 0 Å². The fourth-order valence-electron chi connectivity index (χ4n) is 2.75. The van der Waals surface area contributed by atoms with Crippen molar-refractivity contribution < 1.29 is 4.79 Å². The van der Waals surface area contributed by atoms with E-state index in [0.29, 0.717) is 5.56 Å². The second-order valence-corrected chi connectivity index (χ2v) is 5.48. The maximum absolute atomic E-state index is 11.3. The van der Waals surface area contributed by atoms with Gasteiger partial charge in [0.25, 0.3) is 0 Å². The van der Waals surface area contributed by atoms with E-state index >= 15 is 0 Å². The molecular weight excluding hydrogens is 260 g/mol. The fourth-order valence-corrected chi connectivity index (χ4v) is 2.75. The number of aldehydes is 1. The molecule has 0 saturated heterocycles. The van der Waals surface area contributed by atoms with Crippen LogP contribution in [0.5, 0.6) is 0 Å². The molecule has 0 saturated carbocycles. The summed E-state index contributed by atoms with van der Waals surface area (Å²) in [4.78, 5) is 16.8. The number of rotatable bonds is 4. The molecule has 0 aliphatic heterocycles. The van der Waals surface area contributed by atoms with Crippen LogP contribution >= 0.6 is 0 Å². The first kappa shape index (κ1) is 13.6. The average molecular weight is 278 g/mol. The third-order valence-electron chi connectivity index (χ3n) is 3.67. The quantitative estimate of drug-likeness (QED) is 0.738. The summed E-state index contributed by atoms with van der Waals surface area (Å²) in [5, 5.41) is 1.21. The van der Waals surface area contributed by atoms with Crippen molar-refractivity contribution in [2.75, 3.05) is 14.1 Å². The molecule has 3 heteroatoms. The first-order valence-electron chi connectivity index (χ1n) is 6.99. The molecule has 1 aromatic heterocycles. The van der Waals surface area contributed by atoms with Crippen LogP contribution in [-0.4, -0.2) is 30.3 Å². The Bertz CT molecular complexity index is 787. The van der Waals surface area contributed by atoms with Gasteiger partial charge in [-0.15, -0.1) is 0 Å². The van der Waals surface area contributed by atoms with Crippen molar-refractivity contribution in [3.63, 3.8) is 0 Å². The Balaban J connectivity index is 2.20. The van der Waals surface area contributed by atoms with E-state index in [0.717, 1.165) is 29.5 Å². The van der Waals surface area contributed by atoms with E-state index in [1.807, 2.05) is 30.3 Å². The minimum absolute atomic E-state index is 0.716. The highest BCUT2D eigenvalue weighted by Crippen LogP contribution is 2.31. The van der Waals surface area contributed by atoms with Gasteiger partial charge in [-0.2, -0.15) is 0 Å². The Labute approximate surface area is 124 Å². The van der Waals surface area contributed by atoms with Crippen molar-refractivity contribution in [3.8, 4) is 11.1 Å². The van der Waals surface area contributed by atoms with Gasteiger partial charge in [0.05, 0.1) is 5.52 Å². The van der Waals surface area contributed by atoms with Gasteiger partial charge < -0.3 is 9.88 Å². The van der Waals surface area contributed by atoms with E-state index < -0.39 is 0 Å². The van der Waals surface area contributed by atoms with E-state index in [9.17, 15) is 4.79 Å². The molecule has 1 N–H and O–H groups in total. The van der Waals surface area contributed by atoms with Crippen LogP contribution < -0.4 is 0 Å². The first-order valence-corrected chi connectivity index (χ1v) is 6.99. The molecular formula is C18H18N2O. The molecule has 0 atom stereocenters. The van der Waals surface area contributed by atoms with Crippen LogP contribution in [0.2, 0.25) is 0 Å². The molecule has 0 aliphatic carbocycles. The number of H-pyrrole nitrogens is 1. The minimum Gasteiger partial charge on any atom is -0.360 e. The first-order chi connectivity index (χ1) is 10.2. The summed E-state index contributed by atoms with van der Waals surface area (Å²) in [5.41, 5.74) is 5.11. The number of carbonyl (C=O) groups excluding carboxylic acids is 1. The summed E-state index contributed by atoms with van der Waals surface area (Å²) in [6.45, 7) is 0.888. The van der Waals surface area contributed by atoms with Crippen LogP contribution in [0.1, 0.15) is 15.9 Å². The number of aromatic amines is 1. The highest BCUT2D eigenvalue weighted by atomic mass is 16.1. The molecule has 3 nitrogen and oxygen atoms in total. The van der Waals surface area contributed by atoms with Gasteiger partial charge in [-0.05, 0) is 25.2 Å². The van der Waals surface area contributed by atoms with Gasteiger partial charge in [0.2, 0.25) is 0 Å². The standard InChI is InChI=1S/C18H18N2O/c1-20(2)11-14-10-19-18-16(14)8-5-9-17(18)15-7-4-3-6-13(15)12-21/h3-10,12,19H,11H2,1-2H3. The van der Waals surface area contributed by atoms with Gasteiger partial charge in [0.15, 0.2) is 6.29 Å². The lowest BCUT2D eigenvalue weighted by molar-refractivity contribution is 0.112. The molecule has 3 aromatic rings. The Kier molecular flexibility index (Phi) is 3.59. The van der Waals surface area contributed by atoms with E-state index in [1.54, 1.807) is 0 Å². The van der Waals surface area contributed by atoms with Crippen molar-refractivity contribution in [2.24, 2.45) is 0 Å². The molecule has 3 rings (SSSR count). The lowest BCUT2D eigenvalue weighted by atomic mass is 9.98. The number of hydrogen-bond acceptors (Lipinski definition) is 2. The maximum Gasteiger partial charge on any atom is 0.150 e. The zero-order chi connectivity index (χ0) is 14.8. The van der Waals surface area contributed by atoms with Gasteiger partial charge in [0.1, 0.15) is 0 Å². The summed E-state index contributed by atoms with van der Waals surface area (Å²) in [7, 11) is 4.12.